The molecule has 0 amide bonds. The van der Waals surface area contributed by atoms with Crippen LogP contribution in [0.25, 0.3) is 0 Å². The molecule has 0 bridgehead atoms. The number of nitrogens with one attached hydrogen (secondary N) is 2. The van der Waals surface area contributed by atoms with Gasteiger partial charge in [0.2, 0.25) is 0 Å². The lowest BCUT2D eigenvalue weighted by Crippen LogP contribution is -2.37. The lowest BCUT2D eigenvalue weighted by Gasteiger charge is -2.13. The maximum absolute atomic E-state index is 5.78. The Bertz CT molecular complexity index is 498. The number of rotatable bonds is 12. The molecule has 0 fully saturated rings. The van der Waals surface area contributed by atoms with Crippen LogP contribution in [0.5, 0.6) is 5.75 Å². The van der Waals surface area contributed by atoms with E-state index in [0.717, 1.165) is 50.9 Å². The second kappa shape index (κ2) is 16.1. The number of nitrogens with zero attached hydrogens (tertiary/aromatic N) is 2. The van der Waals surface area contributed by atoms with Gasteiger partial charge in [0.1, 0.15) is 12.4 Å². The second-order valence-corrected chi connectivity index (χ2v) is 6.06. The number of unbranched alkanes of at least 4 members (excludes halogenated alkanes) is 1. The van der Waals surface area contributed by atoms with E-state index in [4.69, 9.17) is 9.47 Å². The number of hydrogen-bond acceptors (Lipinski definition) is 4. The van der Waals surface area contributed by atoms with E-state index in [0.29, 0.717) is 13.2 Å². The van der Waals surface area contributed by atoms with Crippen LogP contribution < -0.4 is 15.4 Å². The summed E-state index contributed by atoms with van der Waals surface area (Å²) in [6, 6.07) is 8.16. The van der Waals surface area contributed by atoms with Gasteiger partial charge in [-0.25, -0.2) is 0 Å². The molecule has 0 aliphatic heterocycles. The van der Waals surface area contributed by atoms with Gasteiger partial charge >= 0.3 is 0 Å². The number of hydrogen-bond donors (Lipinski definition) is 2. The highest BCUT2D eigenvalue weighted by Gasteiger charge is 2.01. The lowest BCUT2D eigenvalue weighted by molar-refractivity contribution is 0.143. The van der Waals surface area contributed by atoms with Gasteiger partial charge in [0.05, 0.1) is 0 Å². The molecule has 1 aromatic rings. The minimum absolute atomic E-state index is 0. The molecule has 2 N–H and O–H groups in total. The first-order valence-electron chi connectivity index (χ1n) is 9.04. The van der Waals surface area contributed by atoms with E-state index < -0.39 is 0 Å². The number of guanidine groups is 1. The fourth-order valence-electron chi connectivity index (χ4n) is 2.18. The normalized spacial score (nSPS) is 11.2. The number of likely N-dealkylation sites (N-methyl/N-ethyl adjacent to an activating group) is 1. The van der Waals surface area contributed by atoms with Crippen LogP contribution in [0, 0.1) is 0 Å². The van der Waals surface area contributed by atoms with Crippen molar-refractivity contribution in [1.29, 1.82) is 0 Å². The van der Waals surface area contributed by atoms with E-state index in [1.807, 2.05) is 33.2 Å². The Morgan fingerprint density at radius 2 is 1.96 bits per heavy atom. The summed E-state index contributed by atoms with van der Waals surface area (Å²) < 4.78 is 11.1. The standard InChI is InChI=1S/C19H34N4O2.HI/c1-5-24-13-7-6-11-21-19(20-2)22-16-17-9-8-10-18(15-17)25-14-12-23(3)4;/h8-10,15H,5-7,11-14,16H2,1-4H3,(H2,20,21,22);1H. The SMILES string of the molecule is CCOCCCCNC(=NC)NCc1cccc(OCCN(C)C)c1.I. The first kappa shape index (κ1) is 24.9. The van der Waals surface area contributed by atoms with Gasteiger partial charge in [0.25, 0.3) is 0 Å². The quantitative estimate of drug-likeness (QED) is 0.210. The smallest absolute Gasteiger partial charge is 0.191 e. The Morgan fingerprint density at radius 1 is 1.15 bits per heavy atom. The van der Waals surface area contributed by atoms with Crippen molar-refractivity contribution in [1.82, 2.24) is 15.5 Å². The summed E-state index contributed by atoms with van der Waals surface area (Å²) in [6.45, 7) is 6.83. The van der Waals surface area contributed by atoms with E-state index in [2.05, 4.69) is 32.7 Å². The van der Waals surface area contributed by atoms with Crippen LogP contribution in [0.2, 0.25) is 0 Å². The maximum Gasteiger partial charge on any atom is 0.191 e. The molecule has 0 radical (unpaired) electrons. The third-order valence-corrected chi connectivity index (χ3v) is 3.60. The topological polar surface area (TPSA) is 58.1 Å². The lowest BCUT2D eigenvalue weighted by atomic mass is 10.2. The zero-order valence-corrected chi connectivity index (χ0v) is 18.9. The van der Waals surface area contributed by atoms with Crippen molar-refractivity contribution in [3.63, 3.8) is 0 Å². The van der Waals surface area contributed by atoms with Gasteiger partial charge in [-0.2, -0.15) is 0 Å². The molecule has 0 saturated carbocycles. The van der Waals surface area contributed by atoms with E-state index in [-0.39, 0.29) is 24.0 Å². The first-order chi connectivity index (χ1) is 12.2. The first-order valence-corrected chi connectivity index (χ1v) is 9.04. The fourth-order valence-corrected chi connectivity index (χ4v) is 2.18. The molecule has 150 valence electrons. The molecule has 0 aliphatic carbocycles. The summed E-state index contributed by atoms with van der Waals surface area (Å²) in [4.78, 5) is 6.36. The van der Waals surface area contributed by atoms with E-state index in [1.165, 1.54) is 5.56 Å². The van der Waals surface area contributed by atoms with Gasteiger partial charge in [0.15, 0.2) is 5.96 Å². The predicted octanol–water partition coefficient (Wildman–Crippen LogP) is 2.73. The maximum atomic E-state index is 5.78. The summed E-state index contributed by atoms with van der Waals surface area (Å²) >= 11 is 0. The Morgan fingerprint density at radius 3 is 2.65 bits per heavy atom. The van der Waals surface area contributed by atoms with E-state index >= 15 is 0 Å². The van der Waals surface area contributed by atoms with E-state index in [9.17, 15) is 0 Å². The number of halogens is 1. The molecular weight excluding hydrogens is 443 g/mol. The van der Waals surface area contributed by atoms with Crippen LogP contribution in [0.3, 0.4) is 0 Å². The van der Waals surface area contributed by atoms with Gasteiger partial charge < -0.3 is 25.0 Å². The summed E-state index contributed by atoms with van der Waals surface area (Å²) in [5.41, 5.74) is 1.17. The van der Waals surface area contributed by atoms with Crippen molar-refractivity contribution in [2.24, 2.45) is 4.99 Å². The van der Waals surface area contributed by atoms with Gasteiger partial charge in [-0.3, -0.25) is 4.99 Å². The van der Waals surface area contributed by atoms with Gasteiger partial charge in [-0.15, -0.1) is 24.0 Å². The largest absolute Gasteiger partial charge is 0.492 e. The summed E-state index contributed by atoms with van der Waals surface area (Å²) in [6.07, 6.45) is 2.13. The molecule has 0 spiro atoms. The number of aliphatic imine (C=N–C) groups is 1. The molecule has 26 heavy (non-hydrogen) atoms. The minimum atomic E-state index is 0. The fraction of sp³-hybridized carbons (Fsp3) is 0.632. The van der Waals surface area contributed by atoms with Gasteiger partial charge in [-0.05, 0) is 51.6 Å². The van der Waals surface area contributed by atoms with Crippen LogP contribution in [0.4, 0.5) is 0 Å². The average Bonchev–Trinajstić information content (AvgIpc) is 2.60. The molecule has 1 rings (SSSR count). The minimum Gasteiger partial charge on any atom is -0.492 e. The molecular formula is C19H35IN4O2. The van der Waals surface area contributed by atoms with Crippen LogP contribution >= 0.6 is 24.0 Å². The van der Waals surface area contributed by atoms with Crippen LogP contribution in [0.15, 0.2) is 29.3 Å². The summed E-state index contributed by atoms with van der Waals surface area (Å²) in [5.74, 6) is 1.72. The number of benzene rings is 1. The van der Waals surface area contributed by atoms with Gasteiger partial charge in [-0.1, -0.05) is 12.1 Å². The predicted molar refractivity (Wildman–Crippen MR) is 120 cm³/mol. The third-order valence-electron chi connectivity index (χ3n) is 3.60. The van der Waals surface area contributed by atoms with Crippen LogP contribution in [-0.4, -0.2) is 64.9 Å². The van der Waals surface area contributed by atoms with Crippen LogP contribution in [-0.2, 0) is 11.3 Å². The molecule has 6 nitrogen and oxygen atoms in total. The van der Waals surface area contributed by atoms with Crippen molar-refractivity contribution < 1.29 is 9.47 Å². The van der Waals surface area contributed by atoms with Crippen molar-refractivity contribution in [3.8, 4) is 5.75 Å². The average molecular weight is 478 g/mol. The Kier molecular flexibility index (Phi) is 15.5. The Hall–Kier alpha value is -1.06. The zero-order chi connectivity index (χ0) is 18.3. The molecule has 1 aromatic carbocycles. The van der Waals surface area contributed by atoms with Gasteiger partial charge in [0, 0.05) is 39.9 Å². The van der Waals surface area contributed by atoms with Crippen LogP contribution in [0.1, 0.15) is 25.3 Å². The van der Waals surface area contributed by atoms with Crippen molar-refractivity contribution in [2.45, 2.75) is 26.3 Å². The highest BCUT2D eigenvalue weighted by molar-refractivity contribution is 14.0. The highest BCUT2D eigenvalue weighted by atomic mass is 127. The molecule has 0 aromatic heterocycles. The summed E-state index contributed by atoms with van der Waals surface area (Å²) in [5, 5.41) is 6.66. The second-order valence-electron chi connectivity index (χ2n) is 6.06. The third kappa shape index (κ3) is 12.3. The summed E-state index contributed by atoms with van der Waals surface area (Å²) in [7, 11) is 5.87. The molecule has 0 saturated heterocycles. The molecule has 7 heteroatoms. The van der Waals surface area contributed by atoms with Crippen molar-refractivity contribution in [3.05, 3.63) is 29.8 Å². The molecule has 0 atom stereocenters. The Balaban J connectivity index is 0.00000625. The van der Waals surface area contributed by atoms with E-state index in [1.54, 1.807) is 7.05 Å². The molecule has 0 unspecified atom stereocenters. The molecule has 0 aliphatic rings. The number of ether oxygens (including phenoxy) is 2. The monoisotopic (exact) mass is 478 g/mol. The highest BCUT2D eigenvalue weighted by Crippen LogP contribution is 2.13. The Labute approximate surface area is 175 Å². The van der Waals surface area contributed by atoms with Crippen molar-refractivity contribution >= 4 is 29.9 Å². The van der Waals surface area contributed by atoms with Crippen molar-refractivity contribution in [2.75, 3.05) is 54.1 Å². The molecule has 0 heterocycles. The zero-order valence-electron chi connectivity index (χ0n) is 16.6.